The molecule has 0 bridgehead atoms. The van der Waals surface area contributed by atoms with Gasteiger partial charge in [0, 0.05) is 43.6 Å². The van der Waals surface area contributed by atoms with Crippen LogP contribution in [0.2, 0.25) is 0 Å². The van der Waals surface area contributed by atoms with Gasteiger partial charge in [0.05, 0.1) is 7.11 Å². The number of methoxy groups -OCH3 is 1. The molecule has 1 aromatic heterocycles. The molecule has 1 saturated heterocycles. The highest BCUT2D eigenvalue weighted by Crippen LogP contribution is 2.20. The van der Waals surface area contributed by atoms with E-state index in [4.69, 9.17) is 4.74 Å². The Kier molecular flexibility index (Phi) is 5.74. The van der Waals surface area contributed by atoms with Crippen molar-refractivity contribution >= 4 is 23.4 Å². The first-order valence-corrected chi connectivity index (χ1v) is 9.66. The molecule has 0 radical (unpaired) electrons. The number of ether oxygens (including phenoxy) is 1. The molecule has 2 heterocycles. The fourth-order valence-corrected chi connectivity index (χ4v) is 3.28. The van der Waals surface area contributed by atoms with E-state index in [1.807, 2.05) is 35.2 Å². The molecule has 1 N–H and O–H groups in total. The van der Waals surface area contributed by atoms with E-state index in [1.165, 1.54) is 24.3 Å². The number of carbonyl (C=O) groups excluding carboxylic acids is 1. The minimum absolute atomic E-state index is 0.0921. The van der Waals surface area contributed by atoms with Crippen LogP contribution in [0.15, 0.2) is 60.8 Å². The van der Waals surface area contributed by atoms with Crippen molar-refractivity contribution in [3.8, 4) is 5.75 Å². The molecule has 154 valence electrons. The first-order valence-electron chi connectivity index (χ1n) is 9.66. The number of halogens is 1. The topological polar surface area (TPSA) is 70.6 Å². The maximum atomic E-state index is 13.1. The molecular weight excluding hydrogens is 385 g/mol. The highest BCUT2D eigenvalue weighted by Gasteiger charge is 2.23. The molecule has 0 unspecified atom stereocenters. The summed E-state index contributed by atoms with van der Waals surface area (Å²) in [4.78, 5) is 25.4. The van der Waals surface area contributed by atoms with Crippen molar-refractivity contribution in [1.82, 2.24) is 14.9 Å². The summed E-state index contributed by atoms with van der Waals surface area (Å²) >= 11 is 0. The number of benzene rings is 2. The van der Waals surface area contributed by atoms with Gasteiger partial charge in [0.1, 0.15) is 17.4 Å². The Hall–Kier alpha value is -3.68. The van der Waals surface area contributed by atoms with E-state index in [-0.39, 0.29) is 11.7 Å². The predicted octanol–water partition coefficient (Wildman–Crippen LogP) is 3.33. The Labute approximate surface area is 174 Å². The highest BCUT2D eigenvalue weighted by atomic mass is 19.1. The first-order chi connectivity index (χ1) is 14.6. The average Bonchev–Trinajstić information content (AvgIpc) is 2.80. The number of anilines is 3. The van der Waals surface area contributed by atoms with E-state index in [0.717, 1.165) is 11.4 Å². The zero-order chi connectivity index (χ0) is 20.9. The van der Waals surface area contributed by atoms with E-state index in [1.54, 1.807) is 18.2 Å². The molecular formula is C22H22FN5O2. The van der Waals surface area contributed by atoms with Crippen molar-refractivity contribution in [2.75, 3.05) is 43.5 Å². The lowest BCUT2D eigenvalue weighted by molar-refractivity contribution is 0.0746. The Morgan fingerprint density at radius 2 is 1.70 bits per heavy atom. The Morgan fingerprint density at radius 3 is 2.37 bits per heavy atom. The van der Waals surface area contributed by atoms with E-state index >= 15 is 0 Å². The molecule has 1 amide bonds. The van der Waals surface area contributed by atoms with Crippen LogP contribution in [0.4, 0.5) is 21.8 Å². The number of hydrogen-bond acceptors (Lipinski definition) is 6. The molecule has 7 nitrogen and oxygen atoms in total. The lowest BCUT2D eigenvalue weighted by Gasteiger charge is -2.34. The van der Waals surface area contributed by atoms with Gasteiger partial charge in [0.2, 0.25) is 5.95 Å². The summed E-state index contributed by atoms with van der Waals surface area (Å²) in [5, 5.41) is 3.26. The van der Waals surface area contributed by atoms with Gasteiger partial charge in [-0.1, -0.05) is 0 Å². The van der Waals surface area contributed by atoms with Gasteiger partial charge in [0.25, 0.3) is 5.91 Å². The largest absolute Gasteiger partial charge is 0.497 e. The molecule has 0 aliphatic carbocycles. The molecule has 30 heavy (non-hydrogen) atoms. The molecule has 8 heteroatoms. The van der Waals surface area contributed by atoms with Gasteiger partial charge in [-0.15, -0.1) is 0 Å². The molecule has 4 rings (SSSR count). The fraction of sp³-hybridized carbons (Fsp3) is 0.227. The molecule has 0 saturated carbocycles. The summed E-state index contributed by atoms with van der Waals surface area (Å²) < 4.78 is 18.3. The van der Waals surface area contributed by atoms with Crippen molar-refractivity contribution in [3.63, 3.8) is 0 Å². The Bertz CT molecular complexity index is 1000. The normalized spacial score (nSPS) is 13.8. The van der Waals surface area contributed by atoms with Crippen LogP contribution < -0.4 is 15.0 Å². The van der Waals surface area contributed by atoms with Crippen LogP contribution in [0.5, 0.6) is 5.75 Å². The predicted molar refractivity (Wildman–Crippen MR) is 113 cm³/mol. The summed E-state index contributed by atoms with van der Waals surface area (Å²) in [5.41, 5.74) is 1.39. The van der Waals surface area contributed by atoms with Gasteiger partial charge in [0.15, 0.2) is 0 Å². The number of rotatable bonds is 5. The zero-order valence-corrected chi connectivity index (χ0v) is 16.6. The fourth-order valence-electron chi connectivity index (χ4n) is 3.28. The van der Waals surface area contributed by atoms with Crippen molar-refractivity contribution in [1.29, 1.82) is 0 Å². The van der Waals surface area contributed by atoms with E-state index < -0.39 is 0 Å². The van der Waals surface area contributed by atoms with Gasteiger partial charge < -0.3 is 19.9 Å². The lowest BCUT2D eigenvalue weighted by Crippen LogP contribution is -2.49. The number of nitrogens with zero attached hydrogens (tertiary/aromatic N) is 4. The lowest BCUT2D eigenvalue weighted by atomic mass is 10.2. The minimum Gasteiger partial charge on any atom is -0.497 e. The van der Waals surface area contributed by atoms with Crippen molar-refractivity contribution in [2.24, 2.45) is 0 Å². The summed E-state index contributed by atoms with van der Waals surface area (Å²) in [5.74, 6) is 1.65. The quantitative estimate of drug-likeness (QED) is 0.700. The molecule has 3 aromatic rings. The summed E-state index contributed by atoms with van der Waals surface area (Å²) in [7, 11) is 1.63. The number of hydrogen-bond donors (Lipinski definition) is 1. The smallest absolute Gasteiger partial charge is 0.253 e. The maximum absolute atomic E-state index is 13.1. The molecule has 0 atom stereocenters. The van der Waals surface area contributed by atoms with Crippen LogP contribution in [-0.2, 0) is 0 Å². The summed E-state index contributed by atoms with van der Waals surface area (Å²) in [6.45, 7) is 2.35. The molecule has 0 spiro atoms. The third kappa shape index (κ3) is 4.48. The SMILES string of the molecule is COc1ccc(Nc2ccnc(N3CCN(C(=O)c4ccc(F)cc4)CC3)n2)cc1. The first kappa shape index (κ1) is 19.6. The second kappa shape index (κ2) is 8.77. The highest BCUT2D eigenvalue weighted by molar-refractivity contribution is 5.94. The van der Waals surface area contributed by atoms with Crippen molar-refractivity contribution in [2.45, 2.75) is 0 Å². The second-order valence-corrected chi connectivity index (χ2v) is 6.88. The summed E-state index contributed by atoms with van der Waals surface area (Å²) in [6, 6.07) is 15.0. The average molecular weight is 407 g/mol. The van der Waals surface area contributed by atoms with Crippen LogP contribution in [0.3, 0.4) is 0 Å². The Balaban J connectivity index is 1.38. The molecule has 1 fully saturated rings. The van der Waals surface area contributed by atoms with Crippen LogP contribution >= 0.6 is 0 Å². The zero-order valence-electron chi connectivity index (χ0n) is 16.6. The van der Waals surface area contributed by atoms with Crippen LogP contribution in [0, 0.1) is 5.82 Å². The van der Waals surface area contributed by atoms with E-state index in [9.17, 15) is 9.18 Å². The van der Waals surface area contributed by atoms with Gasteiger partial charge in [-0.05, 0) is 54.6 Å². The van der Waals surface area contributed by atoms with Gasteiger partial charge >= 0.3 is 0 Å². The van der Waals surface area contributed by atoms with Gasteiger partial charge in [-0.2, -0.15) is 4.98 Å². The van der Waals surface area contributed by atoms with Crippen LogP contribution in [-0.4, -0.2) is 54.1 Å². The molecule has 2 aromatic carbocycles. The third-order valence-electron chi connectivity index (χ3n) is 4.95. The summed E-state index contributed by atoms with van der Waals surface area (Å²) in [6.07, 6.45) is 1.71. The molecule has 1 aliphatic rings. The number of amides is 1. The monoisotopic (exact) mass is 407 g/mol. The molecule has 1 aliphatic heterocycles. The van der Waals surface area contributed by atoms with Crippen LogP contribution in [0.1, 0.15) is 10.4 Å². The van der Waals surface area contributed by atoms with E-state index in [0.29, 0.717) is 43.5 Å². The standard InChI is InChI=1S/C22H22FN5O2/c1-30-19-8-6-18(7-9-19)25-20-10-11-24-22(26-20)28-14-12-27(13-15-28)21(29)16-2-4-17(23)5-3-16/h2-11H,12-15H2,1H3,(H,24,25,26). The van der Waals surface area contributed by atoms with Crippen LogP contribution in [0.25, 0.3) is 0 Å². The van der Waals surface area contributed by atoms with E-state index in [2.05, 4.69) is 15.3 Å². The number of nitrogens with one attached hydrogen (secondary N) is 1. The van der Waals surface area contributed by atoms with Gasteiger partial charge in [-0.25, -0.2) is 9.37 Å². The van der Waals surface area contributed by atoms with Crippen molar-refractivity contribution < 1.29 is 13.9 Å². The number of aromatic nitrogens is 2. The third-order valence-corrected chi connectivity index (χ3v) is 4.95. The number of piperazine rings is 1. The van der Waals surface area contributed by atoms with Crippen molar-refractivity contribution in [3.05, 3.63) is 72.2 Å². The van der Waals surface area contributed by atoms with Gasteiger partial charge in [-0.3, -0.25) is 4.79 Å². The Morgan fingerprint density at radius 1 is 1.00 bits per heavy atom. The maximum Gasteiger partial charge on any atom is 0.253 e. The number of carbonyl (C=O) groups is 1. The second-order valence-electron chi connectivity index (χ2n) is 6.88. The minimum atomic E-state index is -0.350.